The van der Waals surface area contributed by atoms with Crippen LogP contribution in [-0.4, -0.2) is 161 Å². The van der Waals surface area contributed by atoms with Gasteiger partial charge < -0.3 is 68.3 Å². The lowest BCUT2D eigenvalue weighted by atomic mass is 9.81. The monoisotopic (exact) mass is 1060 g/mol. The zero-order valence-corrected chi connectivity index (χ0v) is 43.0. The van der Waals surface area contributed by atoms with Crippen LogP contribution in [0.25, 0.3) is 0 Å². The smallest absolute Gasteiger partial charge is 0.326 e. The number of carboxylic acid groups (broad SMARTS) is 4. The largest absolute Gasteiger partial charge is 0.481 e. The molecule has 1 aliphatic rings. The highest BCUT2D eigenvalue weighted by molar-refractivity contribution is 7.80. The van der Waals surface area contributed by atoms with Gasteiger partial charge in [0, 0.05) is 63.4 Å². The minimum atomic E-state index is -1.56. The Labute approximate surface area is 431 Å². The fourth-order valence-electron chi connectivity index (χ4n) is 7.82. The Hall–Kier alpha value is -6.05. The Kier molecular flexibility index (Phi) is 33.5. The molecule has 0 saturated heterocycles. The van der Waals surface area contributed by atoms with Crippen LogP contribution in [0.2, 0.25) is 0 Å². The van der Waals surface area contributed by atoms with Crippen molar-refractivity contribution in [2.24, 2.45) is 11.8 Å². The second-order valence-electron chi connectivity index (χ2n) is 18.2. The van der Waals surface area contributed by atoms with Gasteiger partial charge in [-0.25, -0.2) is 14.4 Å². The lowest BCUT2D eigenvalue weighted by molar-refractivity contribution is -0.141. The number of carbonyl (C=O) groups is 12. The van der Waals surface area contributed by atoms with Gasteiger partial charge in [-0.15, -0.1) is 0 Å². The summed E-state index contributed by atoms with van der Waals surface area (Å²) in [5.74, 6) is -8.27. The van der Waals surface area contributed by atoms with Crippen LogP contribution in [0.1, 0.15) is 142 Å². The summed E-state index contributed by atoms with van der Waals surface area (Å²) >= 11 is 4.19. The van der Waals surface area contributed by atoms with Gasteiger partial charge in [-0.1, -0.05) is 12.8 Å². The minimum Gasteiger partial charge on any atom is -0.481 e. The Morgan fingerprint density at radius 1 is 0.479 bits per heavy atom. The van der Waals surface area contributed by atoms with Crippen molar-refractivity contribution < 1.29 is 78.0 Å². The predicted molar refractivity (Wildman–Crippen MR) is 267 cm³/mol. The third kappa shape index (κ3) is 30.6. The van der Waals surface area contributed by atoms with Gasteiger partial charge in [-0.05, 0) is 116 Å². The van der Waals surface area contributed by atoms with Gasteiger partial charge in [0.05, 0.1) is 6.04 Å². The number of carboxylic acids is 4. The molecule has 13 N–H and O–H groups in total. The van der Waals surface area contributed by atoms with Crippen LogP contribution in [0.4, 0.5) is 4.79 Å². The molecule has 0 aromatic heterocycles. The van der Waals surface area contributed by atoms with E-state index in [1.54, 1.807) is 0 Å². The van der Waals surface area contributed by atoms with Gasteiger partial charge in [0.25, 0.3) is 0 Å². The fourth-order valence-corrected chi connectivity index (χ4v) is 8.08. The second-order valence-corrected chi connectivity index (χ2v) is 18.6. The van der Waals surface area contributed by atoms with E-state index in [2.05, 4.69) is 55.2 Å². The summed E-state index contributed by atoms with van der Waals surface area (Å²) in [6.07, 6.45) is 6.10. The number of Topliss-reactive ketones (excluding diaryl/α,β-unsaturated/α-hetero) is 1. The maximum atomic E-state index is 13.2. The van der Waals surface area contributed by atoms with E-state index < -0.39 is 103 Å². The SMILES string of the molecule is CNCCCCC(NC(=O)CCCCCNC(=O)C(CS)NC(=O)C(CCC(=O)O)NC(=O)CCCCCNC(=O)C1CCC(CNC(=O)CCC(NC(=O)NC(CCC(=O)O)C(=O)O)C(=O)O)CC1)C(C)=O. The molecule has 5 unspecified atom stereocenters. The molecule has 5 atom stereocenters. The zero-order valence-electron chi connectivity index (χ0n) is 42.1. The van der Waals surface area contributed by atoms with Crippen LogP contribution >= 0.6 is 12.6 Å². The molecule has 0 aromatic carbocycles. The van der Waals surface area contributed by atoms with E-state index in [-0.39, 0.29) is 73.8 Å². The van der Waals surface area contributed by atoms with Crippen LogP contribution in [-0.2, 0) is 52.7 Å². The third-order valence-electron chi connectivity index (χ3n) is 12.2. The van der Waals surface area contributed by atoms with Crippen molar-refractivity contribution in [3.63, 3.8) is 0 Å². The molecule has 414 valence electrons. The van der Waals surface area contributed by atoms with Gasteiger partial charge in [0.15, 0.2) is 5.78 Å². The number of hydrogen-bond acceptors (Lipinski definition) is 14. The highest BCUT2D eigenvalue weighted by atomic mass is 32.1. The van der Waals surface area contributed by atoms with Crippen molar-refractivity contribution in [1.29, 1.82) is 0 Å². The molecule has 0 aromatic rings. The number of amides is 8. The Bertz CT molecular complexity index is 1830. The maximum Gasteiger partial charge on any atom is 0.326 e. The summed E-state index contributed by atoms with van der Waals surface area (Å²) in [5.41, 5.74) is 0. The summed E-state index contributed by atoms with van der Waals surface area (Å²) in [5, 5.41) is 60.2. The molecule has 26 heteroatoms. The van der Waals surface area contributed by atoms with Crippen molar-refractivity contribution >= 4 is 83.8 Å². The van der Waals surface area contributed by atoms with Gasteiger partial charge in [0.2, 0.25) is 35.4 Å². The first-order chi connectivity index (χ1) is 34.7. The Balaban J connectivity index is 2.39. The third-order valence-corrected chi connectivity index (χ3v) is 12.6. The van der Waals surface area contributed by atoms with Gasteiger partial charge >= 0.3 is 29.9 Å². The molecule has 8 amide bonds. The molecule has 25 nitrogen and oxygen atoms in total. The molecular formula is C47H79N9O16S. The number of carbonyl (C=O) groups excluding carboxylic acids is 8. The molecule has 0 aliphatic heterocycles. The number of thiol groups is 1. The molecule has 1 aliphatic carbocycles. The number of aliphatic carboxylic acids is 4. The lowest BCUT2D eigenvalue weighted by Gasteiger charge is -2.28. The lowest BCUT2D eigenvalue weighted by Crippen LogP contribution is -2.54. The summed E-state index contributed by atoms with van der Waals surface area (Å²) in [7, 11) is 1.85. The first-order valence-electron chi connectivity index (χ1n) is 25.1. The van der Waals surface area contributed by atoms with E-state index in [1.165, 1.54) is 6.92 Å². The number of unbranched alkanes of at least 4 members (excludes halogenated alkanes) is 5. The van der Waals surface area contributed by atoms with Crippen molar-refractivity contribution in [2.75, 3.05) is 39.0 Å². The van der Waals surface area contributed by atoms with Crippen LogP contribution in [0.3, 0.4) is 0 Å². The zero-order chi connectivity index (χ0) is 54.7. The standard InChI is InChI=1S/C47H79N9O16S/c1-29(57)32(11-7-10-24-48-2)52-38(59)12-5-4-9-26-50-43(66)36(28-73)54-44(67)33(19-22-40(61)62)53-39(60)13-6-3-8-25-49-42(65)31-16-14-30(15-17-31)27-51-37(58)21-18-34(45(68)69)55-47(72)56-35(46(70)71)20-23-41(63)64/h30-36,48,73H,3-28H2,1-2H3,(H,49,65)(H,50,66)(H,51,58)(H,52,59)(H,53,60)(H,54,67)(H,61,62)(H,63,64)(H,68,69)(H,70,71)(H2,55,56,72). The molecule has 0 bridgehead atoms. The molecule has 1 saturated carbocycles. The maximum absolute atomic E-state index is 13.2. The van der Waals surface area contributed by atoms with Crippen LogP contribution in [0.5, 0.6) is 0 Å². The second kappa shape index (κ2) is 37.7. The van der Waals surface area contributed by atoms with E-state index in [9.17, 15) is 72.9 Å². The van der Waals surface area contributed by atoms with Gasteiger partial charge in [0.1, 0.15) is 24.2 Å². The van der Waals surface area contributed by atoms with Crippen LogP contribution in [0.15, 0.2) is 0 Å². The van der Waals surface area contributed by atoms with Crippen LogP contribution < -0.4 is 47.9 Å². The van der Waals surface area contributed by atoms with Crippen molar-refractivity contribution in [3.05, 3.63) is 0 Å². The Morgan fingerprint density at radius 3 is 1.49 bits per heavy atom. The highest BCUT2D eigenvalue weighted by Crippen LogP contribution is 2.28. The predicted octanol–water partition coefficient (Wildman–Crippen LogP) is 0.340. The first kappa shape index (κ1) is 65.0. The van der Waals surface area contributed by atoms with Crippen molar-refractivity contribution in [3.8, 4) is 0 Å². The average molecular weight is 1060 g/mol. The molecular weight excluding hydrogens is 979 g/mol. The highest BCUT2D eigenvalue weighted by Gasteiger charge is 2.29. The van der Waals surface area contributed by atoms with E-state index >= 15 is 0 Å². The van der Waals surface area contributed by atoms with E-state index in [4.69, 9.17) is 5.11 Å². The van der Waals surface area contributed by atoms with Gasteiger partial charge in [-0.3, -0.25) is 43.2 Å². The number of urea groups is 1. The van der Waals surface area contributed by atoms with E-state index in [0.717, 1.165) is 19.4 Å². The summed E-state index contributed by atoms with van der Waals surface area (Å²) in [6.45, 7) is 3.20. The number of hydrogen-bond donors (Lipinski definition) is 14. The first-order valence-corrected chi connectivity index (χ1v) is 25.7. The molecule has 0 radical (unpaired) electrons. The van der Waals surface area contributed by atoms with Crippen molar-refractivity contribution in [1.82, 2.24) is 47.9 Å². The molecule has 1 fully saturated rings. The summed E-state index contributed by atoms with van der Waals surface area (Å²) in [4.78, 5) is 146. The molecule has 0 heterocycles. The molecule has 1 rings (SSSR count). The summed E-state index contributed by atoms with van der Waals surface area (Å²) in [6, 6.07) is -7.04. The molecule has 0 spiro atoms. The number of rotatable bonds is 40. The topological polar surface area (TPSA) is 394 Å². The number of ketones is 1. The summed E-state index contributed by atoms with van der Waals surface area (Å²) < 4.78 is 0. The fraction of sp³-hybridized carbons (Fsp3) is 0.745. The normalized spacial score (nSPS) is 16.2. The van der Waals surface area contributed by atoms with Gasteiger partial charge in [-0.2, -0.15) is 12.6 Å². The molecule has 73 heavy (non-hydrogen) atoms. The van der Waals surface area contributed by atoms with E-state index in [0.29, 0.717) is 83.7 Å². The van der Waals surface area contributed by atoms with Crippen molar-refractivity contribution in [2.45, 2.75) is 172 Å². The minimum absolute atomic E-state index is 0.0263. The Morgan fingerprint density at radius 2 is 0.986 bits per heavy atom. The quantitative estimate of drug-likeness (QED) is 0.0291. The van der Waals surface area contributed by atoms with E-state index in [1.807, 2.05) is 12.4 Å². The number of nitrogens with one attached hydrogen (secondary N) is 9. The average Bonchev–Trinajstić information content (AvgIpc) is 3.33. The van der Waals surface area contributed by atoms with Crippen LogP contribution in [0, 0.1) is 11.8 Å².